The standard InChI is InChI=1S/C27H23FO4/c1-26(2,3)32-25(30)27(15-16-14-17(28)12-13-18(16)24(27)29)23-19-8-4-6-10-21(19)31-22-11-7-5-9-20(22)23/h4-14,23H,15H2,1-3H3/t27-/m1/s1. The van der Waals surface area contributed by atoms with Crippen molar-refractivity contribution in [1.82, 2.24) is 0 Å². The summed E-state index contributed by atoms with van der Waals surface area (Å²) in [7, 11) is 0. The van der Waals surface area contributed by atoms with Crippen LogP contribution in [0, 0.1) is 11.2 Å². The SMILES string of the molecule is CC(C)(C)OC(=O)[C@@]1(C2c3ccccc3Oc3ccccc32)Cc2cc(F)ccc2C1=O. The highest BCUT2D eigenvalue weighted by molar-refractivity contribution is 6.17. The van der Waals surface area contributed by atoms with Gasteiger partial charge < -0.3 is 9.47 Å². The summed E-state index contributed by atoms with van der Waals surface area (Å²) < 4.78 is 26.0. The Bertz CT molecular complexity index is 1210. The second kappa shape index (κ2) is 7.02. The Morgan fingerprint density at radius 1 is 1.00 bits per heavy atom. The van der Waals surface area contributed by atoms with Gasteiger partial charge in [0.15, 0.2) is 5.78 Å². The van der Waals surface area contributed by atoms with Crippen molar-refractivity contribution in [3.05, 3.63) is 94.8 Å². The van der Waals surface area contributed by atoms with Crippen molar-refractivity contribution in [2.24, 2.45) is 5.41 Å². The lowest BCUT2D eigenvalue weighted by atomic mass is 9.65. The van der Waals surface area contributed by atoms with Crippen LogP contribution in [0.2, 0.25) is 0 Å². The third kappa shape index (κ3) is 3.03. The van der Waals surface area contributed by atoms with Crippen LogP contribution in [-0.4, -0.2) is 17.4 Å². The van der Waals surface area contributed by atoms with Gasteiger partial charge in [-0.15, -0.1) is 0 Å². The van der Waals surface area contributed by atoms with Gasteiger partial charge in [-0.2, -0.15) is 0 Å². The predicted octanol–water partition coefficient (Wildman–Crippen LogP) is 5.83. The number of ketones is 1. The third-order valence-corrected chi connectivity index (χ3v) is 6.12. The van der Waals surface area contributed by atoms with Gasteiger partial charge in [-0.3, -0.25) is 9.59 Å². The molecule has 0 saturated carbocycles. The maximum Gasteiger partial charge on any atom is 0.321 e. The molecule has 1 aliphatic heterocycles. The number of halogens is 1. The number of ether oxygens (including phenoxy) is 2. The number of para-hydroxylation sites is 2. The van der Waals surface area contributed by atoms with Gasteiger partial charge in [-0.1, -0.05) is 36.4 Å². The van der Waals surface area contributed by atoms with Crippen LogP contribution < -0.4 is 4.74 Å². The van der Waals surface area contributed by atoms with Crippen LogP contribution in [0.4, 0.5) is 4.39 Å². The molecule has 5 rings (SSSR count). The van der Waals surface area contributed by atoms with Crippen molar-refractivity contribution >= 4 is 11.8 Å². The summed E-state index contributed by atoms with van der Waals surface area (Å²) in [6.45, 7) is 5.32. The highest BCUT2D eigenvalue weighted by Gasteiger charge is 2.60. The second-order valence-electron chi connectivity index (χ2n) is 9.39. The van der Waals surface area contributed by atoms with Crippen LogP contribution in [0.3, 0.4) is 0 Å². The molecule has 2 aliphatic rings. The lowest BCUT2D eigenvalue weighted by Crippen LogP contribution is -2.47. The first-order valence-corrected chi connectivity index (χ1v) is 10.6. The van der Waals surface area contributed by atoms with Gasteiger partial charge >= 0.3 is 5.97 Å². The molecule has 1 atom stereocenters. The third-order valence-electron chi connectivity index (χ3n) is 6.12. The highest BCUT2D eigenvalue weighted by atomic mass is 19.1. The Morgan fingerprint density at radius 2 is 1.59 bits per heavy atom. The molecule has 1 heterocycles. The zero-order valence-corrected chi connectivity index (χ0v) is 18.1. The minimum atomic E-state index is -1.57. The van der Waals surface area contributed by atoms with Gasteiger partial charge in [0.1, 0.15) is 28.3 Å². The first-order valence-electron chi connectivity index (χ1n) is 10.6. The minimum absolute atomic E-state index is 0.0567. The number of carbonyl (C=O) groups is 2. The fraction of sp³-hybridized carbons (Fsp3) is 0.259. The van der Waals surface area contributed by atoms with E-state index in [2.05, 4.69) is 0 Å². The fourth-order valence-electron chi connectivity index (χ4n) is 4.88. The summed E-state index contributed by atoms with van der Waals surface area (Å²) >= 11 is 0. The van der Waals surface area contributed by atoms with Crippen LogP contribution in [0.15, 0.2) is 66.7 Å². The molecule has 1 aliphatic carbocycles. The molecule has 0 radical (unpaired) electrons. The molecule has 3 aromatic carbocycles. The fourth-order valence-corrected chi connectivity index (χ4v) is 4.88. The van der Waals surface area contributed by atoms with Crippen molar-refractivity contribution in [2.45, 2.75) is 38.7 Å². The maximum atomic E-state index is 14.1. The maximum absolute atomic E-state index is 14.1. The Labute approximate surface area is 186 Å². The molecule has 0 aromatic heterocycles. The predicted molar refractivity (Wildman–Crippen MR) is 118 cm³/mol. The Hall–Kier alpha value is -3.47. The molecule has 0 amide bonds. The molecular formula is C27H23FO4. The summed E-state index contributed by atoms with van der Waals surface area (Å²) in [6, 6.07) is 18.9. The van der Waals surface area contributed by atoms with E-state index in [4.69, 9.17) is 9.47 Å². The Morgan fingerprint density at radius 3 is 2.19 bits per heavy atom. The van der Waals surface area contributed by atoms with E-state index < -0.39 is 28.7 Å². The summed E-state index contributed by atoms with van der Waals surface area (Å²) in [5.41, 5.74) is -0.0213. The lowest BCUT2D eigenvalue weighted by molar-refractivity contribution is -0.165. The van der Waals surface area contributed by atoms with Crippen LogP contribution in [-0.2, 0) is 16.0 Å². The molecule has 32 heavy (non-hydrogen) atoms. The van der Waals surface area contributed by atoms with E-state index in [1.807, 2.05) is 48.5 Å². The Balaban J connectivity index is 1.79. The normalized spacial score (nSPS) is 19.6. The zero-order valence-electron chi connectivity index (χ0n) is 18.1. The largest absolute Gasteiger partial charge is 0.459 e. The zero-order chi connectivity index (χ0) is 22.7. The minimum Gasteiger partial charge on any atom is -0.459 e. The molecule has 3 aromatic rings. The molecular weight excluding hydrogens is 407 g/mol. The van der Waals surface area contributed by atoms with E-state index in [9.17, 15) is 14.0 Å². The summed E-state index contributed by atoms with van der Waals surface area (Å²) in [5.74, 6) is -0.852. The topological polar surface area (TPSA) is 52.6 Å². The van der Waals surface area contributed by atoms with Crippen molar-refractivity contribution in [1.29, 1.82) is 0 Å². The van der Waals surface area contributed by atoms with Crippen LogP contribution in [0.5, 0.6) is 11.5 Å². The number of rotatable bonds is 2. The van der Waals surface area contributed by atoms with Crippen LogP contribution in [0.25, 0.3) is 0 Å². The first-order chi connectivity index (χ1) is 15.2. The van der Waals surface area contributed by atoms with Gasteiger partial charge in [0.25, 0.3) is 0 Å². The van der Waals surface area contributed by atoms with Crippen molar-refractivity contribution in [3.8, 4) is 11.5 Å². The highest BCUT2D eigenvalue weighted by Crippen LogP contribution is 2.57. The molecule has 162 valence electrons. The number of hydrogen-bond donors (Lipinski definition) is 0. The van der Waals surface area contributed by atoms with E-state index in [0.717, 1.165) is 11.1 Å². The number of benzene rings is 3. The lowest BCUT2D eigenvalue weighted by Gasteiger charge is -2.39. The summed E-state index contributed by atoms with van der Waals surface area (Å²) in [4.78, 5) is 27.9. The van der Waals surface area contributed by atoms with Crippen LogP contribution in [0.1, 0.15) is 53.7 Å². The molecule has 0 saturated heterocycles. The summed E-state index contributed by atoms with van der Waals surface area (Å²) in [6.07, 6.45) is 0.0567. The van der Waals surface area contributed by atoms with E-state index >= 15 is 0 Å². The molecule has 0 fully saturated rings. The summed E-state index contributed by atoms with van der Waals surface area (Å²) in [5, 5.41) is 0. The molecule has 0 spiro atoms. The van der Waals surface area contributed by atoms with E-state index in [0.29, 0.717) is 22.6 Å². The molecule has 0 unspecified atom stereocenters. The van der Waals surface area contributed by atoms with Gasteiger partial charge in [-0.05, 0) is 63.1 Å². The number of carbonyl (C=O) groups excluding carboxylic acids is 2. The average Bonchev–Trinajstić information content (AvgIpc) is 3.03. The molecule has 0 bridgehead atoms. The number of esters is 1. The first kappa shape index (κ1) is 20.4. The molecule has 4 nitrogen and oxygen atoms in total. The van der Waals surface area contributed by atoms with Gasteiger partial charge in [-0.25, -0.2) is 4.39 Å². The molecule has 0 N–H and O–H groups in total. The van der Waals surface area contributed by atoms with Crippen molar-refractivity contribution < 1.29 is 23.5 Å². The van der Waals surface area contributed by atoms with Gasteiger partial charge in [0, 0.05) is 22.6 Å². The second-order valence-corrected chi connectivity index (χ2v) is 9.39. The van der Waals surface area contributed by atoms with Crippen molar-refractivity contribution in [3.63, 3.8) is 0 Å². The monoisotopic (exact) mass is 430 g/mol. The van der Waals surface area contributed by atoms with Gasteiger partial charge in [0.2, 0.25) is 0 Å². The number of Topliss-reactive ketones (excluding diaryl/α,β-unsaturated/α-hetero) is 1. The van der Waals surface area contributed by atoms with E-state index in [-0.39, 0.29) is 12.2 Å². The average molecular weight is 430 g/mol. The van der Waals surface area contributed by atoms with E-state index in [1.165, 1.54) is 18.2 Å². The Kier molecular flexibility index (Phi) is 4.48. The van der Waals surface area contributed by atoms with Gasteiger partial charge in [0.05, 0.1) is 0 Å². The number of fused-ring (bicyclic) bond motifs is 3. The van der Waals surface area contributed by atoms with Crippen molar-refractivity contribution in [2.75, 3.05) is 0 Å². The smallest absolute Gasteiger partial charge is 0.321 e. The molecule has 5 heteroatoms. The quantitative estimate of drug-likeness (QED) is 0.379. The van der Waals surface area contributed by atoms with E-state index in [1.54, 1.807) is 20.8 Å². The van der Waals surface area contributed by atoms with Crippen LogP contribution >= 0.6 is 0 Å². The number of hydrogen-bond acceptors (Lipinski definition) is 4.